The van der Waals surface area contributed by atoms with Crippen molar-refractivity contribution < 1.29 is 0 Å². The second kappa shape index (κ2) is 5.48. The van der Waals surface area contributed by atoms with E-state index in [4.69, 9.17) is 0 Å². The highest BCUT2D eigenvalue weighted by atomic mass is 32.2. The highest BCUT2D eigenvalue weighted by molar-refractivity contribution is 7.99. The molecule has 112 valence electrons. The smallest absolute Gasteiger partial charge is 0.197 e. The van der Waals surface area contributed by atoms with Crippen molar-refractivity contribution in [3.8, 4) is 0 Å². The van der Waals surface area contributed by atoms with Crippen LogP contribution in [0.2, 0.25) is 0 Å². The molecule has 0 unspecified atom stereocenters. The zero-order chi connectivity index (χ0) is 15.1. The van der Waals surface area contributed by atoms with Crippen LogP contribution in [0.4, 0.5) is 0 Å². The van der Waals surface area contributed by atoms with Crippen LogP contribution in [-0.2, 0) is 6.54 Å². The van der Waals surface area contributed by atoms with Crippen LogP contribution >= 0.6 is 23.1 Å². The van der Waals surface area contributed by atoms with Gasteiger partial charge in [0.1, 0.15) is 22.0 Å². The average molecular weight is 329 g/mol. The van der Waals surface area contributed by atoms with E-state index in [2.05, 4.69) is 44.3 Å². The van der Waals surface area contributed by atoms with Crippen LogP contribution in [0.25, 0.3) is 10.2 Å². The van der Waals surface area contributed by atoms with E-state index in [0.717, 1.165) is 32.8 Å². The van der Waals surface area contributed by atoms with E-state index >= 15 is 0 Å². The van der Waals surface area contributed by atoms with Gasteiger partial charge in [-0.05, 0) is 37.6 Å². The third kappa shape index (κ3) is 2.44. The van der Waals surface area contributed by atoms with E-state index in [0.29, 0.717) is 5.92 Å². The van der Waals surface area contributed by atoms with Gasteiger partial charge >= 0.3 is 0 Å². The van der Waals surface area contributed by atoms with E-state index in [1.165, 1.54) is 17.7 Å². The van der Waals surface area contributed by atoms with Crippen molar-refractivity contribution in [1.82, 2.24) is 24.7 Å². The highest BCUT2D eigenvalue weighted by Gasteiger charge is 2.30. The van der Waals surface area contributed by atoms with Crippen LogP contribution in [0.5, 0.6) is 0 Å². The molecule has 0 N–H and O–H groups in total. The van der Waals surface area contributed by atoms with Gasteiger partial charge in [0.2, 0.25) is 0 Å². The molecule has 22 heavy (non-hydrogen) atoms. The number of hydrogen-bond acceptors (Lipinski definition) is 6. The van der Waals surface area contributed by atoms with Gasteiger partial charge in [0.15, 0.2) is 5.16 Å². The van der Waals surface area contributed by atoms with E-state index < -0.39 is 0 Å². The van der Waals surface area contributed by atoms with Crippen molar-refractivity contribution >= 4 is 33.3 Å². The Hall–Kier alpha value is -1.73. The van der Waals surface area contributed by atoms with Gasteiger partial charge in [0.25, 0.3) is 0 Å². The van der Waals surface area contributed by atoms with Gasteiger partial charge in [0.05, 0.1) is 0 Å². The van der Waals surface area contributed by atoms with Crippen LogP contribution in [-0.4, -0.2) is 24.7 Å². The van der Waals surface area contributed by atoms with E-state index in [9.17, 15) is 0 Å². The lowest BCUT2D eigenvalue weighted by Crippen LogP contribution is -2.02. The minimum Gasteiger partial charge on any atom is -0.302 e. The molecule has 1 aliphatic rings. The predicted molar refractivity (Wildman–Crippen MR) is 88.5 cm³/mol. The van der Waals surface area contributed by atoms with Gasteiger partial charge in [-0.2, -0.15) is 0 Å². The van der Waals surface area contributed by atoms with Crippen LogP contribution in [0.3, 0.4) is 0 Å². The van der Waals surface area contributed by atoms with Crippen LogP contribution < -0.4 is 0 Å². The number of fused-ring (bicyclic) bond motifs is 1. The minimum atomic E-state index is 0.565. The van der Waals surface area contributed by atoms with E-state index in [1.807, 2.05) is 6.08 Å². The fraction of sp³-hybridized carbons (Fsp3) is 0.333. The Morgan fingerprint density at radius 2 is 2.27 bits per heavy atom. The summed E-state index contributed by atoms with van der Waals surface area (Å²) in [5.74, 6) is 1.64. The van der Waals surface area contributed by atoms with E-state index in [1.54, 1.807) is 29.4 Å². The van der Waals surface area contributed by atoms with Crippen LogP contribution in [0, 0.1) is 6.92 Å². The molecular weight excluding hydrogens is 314 g/mol. The number of nitrogens with zero attached hydrogens (tertiary/aromatic N) is 5. The molecule has 3 aromatic heterocycles. The molecule has 1 fully saturated rings. The first-order chi connectivity index (χ1) is 10.8. The summed E-state index contributed by atoms with van der Waals surface area (Å²) in [6.07, 6.45) is 5.93. The molecule has 1 saturated carbocycles. The minimum absolute atomic E-state index is 0.565. The Kier molecular flexibility index (Phi) is 3.46. The van der Waals surface area contributed by atoms with Gasteiger partial charge < -0.3 is 4.57 Å². The second-order valence-electron chi connectivity index (χ2n) is 5.37. The maximum absolute atomic E-state index is 4.44. The fourth-order valence-corrected chi connectivity index (χ4v) is 4.25. The standard InChI is InChI=1S/C15H15N5S2/c1-3-6-20-12(10-4-5-10)18-19-15(20)22-14-11-7-9(2)21-13(11)16-8-17-14/h3,7-8,10H,1,4-6H2,2H3. The molecule has 3 heterocycles. The number of aryl methyl sites for hydroxylation is 1. The molecule has 1 aliphatic carbocycles. The lowest BCUT2D eigenvalue weighted by Gasteiger charge is -2.06. The Bertz CT molecular complexity index is 847. The first-order valence-corrected chi connectivity index (χ1v) is 8.82. The number of aromatic nitrogens is 5. The summed E-state index contributed by atoms with van der Waals surface area (Å²) in [5, 5.41) is 11.7. The SMILES string of the molecule is C=CCn1c(Sc2ncnc3sc(C)cc23)nnc1C1CC1. The Morgan fingerprint density at radius 1 is 1.41 bits per heavy atom. The van der Waals surface area contributed by atoms with Crippen LogP contribution in [0.1, 0.15) is 29.5 Å². The molecule has 5 nitrogen and oxygen atoms in total. The summed E-state index contributed by atoms with van der Waals surface area (Å²) in [5.41, 5.74) is 0. The molecule has 0 bridgehead atoms. The van der Waals surface area contributed by atoms with E-state index in [-0.39, 0.29) is 0 Å². The maximum atomic E-state index is 4.44. The van der Waals surface area contributed by atoms with Crippen LogP contribution in [0.15, 0.2) is 35.2 Å². The fourth-order valence-electron chi connectivity index (χ4n) is 2.44. The summed E-state index contributed by atoms with van der Waals surface area (Å²) in [6, 6.07) is 2.14. The lowest BCUT2D eigenvalue weighted by molar-refractivity contribution is 0.681. The Morgan fingerprint density at radius 3 is 3.05 bits per heavy atom. The quantitative estimate of drug-likeness (QED) is 0.526. The largest absolute Gasteiger partial charge is 0.302 e. The van der Waals surface area contributed by atoms with Gasteiger partial charge in [-0.3, -0.25) is 0 Å². The zero-order valence-corrected chi connectivity index (χ0v) is 13.8. The predicted octanol–water partition coefficient (Wildman–Crippen LogP) is 3.81. The van der Waals surface area contributed by atoms with Gasteiger partial charge in [-0.1, -0.05) is 6.08 Å². The number of hydrogen-bond donors (Lipinski definition) is 0. The first kappa shape index (κ1) is 13.9. The topological polar surface area (TPSA) is 56.5 Å². The summed E-state index contributed by atoms with van der Waals surface area (Å²) < 4.78 is 2.16. The summed E-state index contributed by atoms with van der Waals surface area (Å²) in [4.78, 5) is 11.0. The highest BCUT2D eigenvalue weighted by Crippen LogP contribution is 2.41. The number of thiophene rings is 1. The van der Waals surface area contributed by atoms with Gasteiger partial charge in [-0.25, -0.2) is 9.97 Å². The monoisotopic (exact) mass is 329 g/mol. The average Bonchev–Trinajstić information content (AvgIpc) is 3.16. The zero-order valence-electron chi connectivity index (χ0n) is 12.2. The number of allylic oxidation sites excluding steroid dienone is 1. The molecule has 0 aromatic carbocycles. The third-order valence-electron chi connectivity index (χ3n) is 3.60. The molecule has 7 heteroatoms. The summed E-state index contributed by atoms with van der Waals surface area (Å²) in [6.45, 7) is 6.67. The molecule has 0 radical (unpaired) electrons. The Labute approximate surface area is 136 Å². The van der Waals surface area contributed by atoms with Crippen molar-refractivity contribution in [3.05, 3.63) is 35.8 Å². The van der Waals surface area contributed by atoms with Crippen molar-refractivity contribution in [2.45, 2.75) is 42.4 Å². The third-order valence-corrected chi connectivity index (χ3v) is 5.57. The molecule has 0 spiro atoms. The van der Waals surface area contributed by atoms with Crippen molar-refractivity contribution in [2.75, 3.05) is 0 Å². The Balaban J connectivity index is 1.74. The van der Waals surface area contributed by atoms with Gasteiger partial charge in [0, 0.05) is 22.7 Å². The summed E-state index contributed by atoms with van der Waals surface area (Å²) >= 11 is 3.25. The van der Waals surface area contributed by atoms with Gasteiger partial charge in [-0.15, -0.1) is 28.1 Å². The lowest BCUT2D eigenvalue weighted by atomic mass is 10.4. The molecule has 0 aliphatic heterocycles. The van der Waals surface area contributed by atoms with Crippen molar-refractivity contribution in [2.24, 2.45) is 0 Å². The maximum Gasteiger partial charge on any atom is 0.197 e. The van der Waals surface area contributed by atoms with Crippen molar-refractivity contribution in [3.63, 3.8) is 0 Å². The summed E-state index contributed by atoms with van der Waals surface area (Å²) in [7, 11) is 0. The molecule has 0 atom stereocenters. The van der Waals surface area contributed by atoms with Crippen molar-refractivity contribution in [1.29, 1.82) is 0 Å². The normalized spacial score (nSPS) is 14.6. The molecule has 3 aromatic rings. The molecular formula is C15H15N5S2. The first-order valence-electron chi connectivity index (χ1n) is 7.19. The molecule has 4 rings (SSSR count). The number of rotatable bonds is 5. The molecule has 0 saturated heterocycles. The molecule has 0 amide bonds. The second-order valence-corrected chi connectivity index (χ2v) is 7.56.